The lowest BCUT2D eigenvalue weighted by Crippen LogP contribution is -2.46. The van der Waals surface area contributed by atoms with Gasteiger partial charge >= 0.3 is 0 Å². The quantitative estimate of drug-likeness (QED) is 0.492. The molecule has 168 valence electrons. The number of hydrogen-bond donors (Lipinski definition) is 2. The first-order valence-electron chi connectivity index (χ1n) is 11.2. The van der Waals surface area contributed by atoms with Crippen LogP contribution in [0.25, 0.3) is 11.0 Å². The second kappa shape index (κ2) is 10.8. The molecule has 0 saturated carbocycles. The van der Waals surface area contributed by atoms with Crippen molar-refractivity contribution in [1.29, 1.82) is 0 Å². The molecule has 2 N–H and O–H groups in total. The van der Waals surface area contributed by atoms with Gasteiger partial charge in [-0.05, 0) is 26.0 Å². The maximum atomic E-state index is 5.99. The standard InChI is InChI=1S/C24H31N7O/c1-3-5-11-25-22-27-23(26-12-6-4-2)29-24(28-22)31-15-13-30(14-16-31)18-20-17-19-9-7-8-10-21(19)32-20/h3-10,17H,11-16,18H2,1-2H3,(H2,25,26,27,28,29)/b5-3+,6-4+. The summed E-state index contributed by atoms with van der Waals surface area (Å²) >= 11 is 0. The number of piperazine rings is 1. The van der Waals surface area contributed by atoms with Crippen molar-refractivity contribution in [2.24, 2.45) is 0 Å². The summed E-state index contributed by atoms with van der Waals surface area (Å²) in [4.78, 5) is 18.4. The molecule has 1 aliphatic heterocycles. The van der Waals surface area contributed by atoms with Gasteiger partial charge in [-0.1, -0.05) is 42.5 Å². The van der Waals surface area contributed by atoms with Gasteiger partial charge in [-0.25, -0.2) is 0 Å². The van der Waals surface area contributed by atoms with E-state index in [0.717, 1.165) is 49.5 Å². The number of fused-ring (bicyclic) bond motifs is 1. The Kier molecular flexibility index (Phi) is 7.34. The van der Waals surface area contributed by atoms with Crippen molar-refractivity contribution >= 4 is 28.8 Å². The van der Waals surface area contributed by atoms with Gasteiger partial charge in [0.1, 0.15) is 11.3 Å². The average Bonchev–Trinajstić information content (AvgIpc) is 3.22. The van der Waals surface area contributed by atoms with Crippen LogP contribution in [0, 0.1) is 0 Å². The van der Waals surface area contributed by atoms with E-state index in [1.165, 1.54) is 0 Å². The number of rotatable bonds is 9. The minimum atomic E-state index is 0.584. The Morgan fingerprint density at radius 1 is 0.906 bits per heavy atom. The van der Waals surface area contributed by atoms with E-state index in [4.69, 9.17) is 4.42 Å². The fourth-order valence-corrected chi connectivity index (χ4v) is 3.64. The normalized spacial score (nSPS) is 15.2. The zero-order chi connectivity index (χ0) is 22.2. The first-order chi connectivity index (χ1) is 15.7. The number of hydrogen-bond acceptors (Lipinski definition) is 8. The molecule has 4 rings (SSSR count). The molecule has 2 aromatic heterocycles. The lowest BCUT2D eigenvalue weighted by Gasteiger charge is -2.34. The summed E-state index contributed by atoms with van der Waals surface area (Å²) < 4.78 is 5.99. The SMILES string of the molecule is C/C=C/CNc1nc(NC/C=C/C)nc(N2CCN(Cc3cc4ccccc4o3)CC2)n1. The van der Waals surface area contributed by atoms with Crippen LogP contribution >= 0.6 is 0 Å². The summed E-state index contributed by atoms with van der Waals surface area (Å²) in [7, 11) is 0. The van der Waals surface area contributed by atoms with Crippen LogP contribution in [0.4, 0.5) is 17.8 Å². The van der Waals surface area contributed by atoms with Crippen molar-refractivity contribution < 1.29 is 4.42 Å². The lowest BCUT2D eigenvalue weighted by molar-refractivity contribution is 0.232. The lowest BCUT2D eigenvalue weighted by atomic mass is 10.2. The highest BCUT2D eigenvalue weighted by atomic mass is 16.3. The highest BCUT2D eigenvalue weighted by molar-refractivity contribution is 5.77. The van der Waals surface area contributed by atoms with E-state index in [2.05, 4.69) is 47.5 Å². The highest BCUT2D eigenvalue weighted by Gasteiger charge is 2.21. The summed E-state index contributed by atoms with van der Waals surface area (Å²) in [6, 6.07) is 10.3. The number of benzene rings is 1. The Morgan fingerprint density at radius 2 is 1.56 bits per heavy atom. The third-order valence-corrected chi connectivity index (χ3v) is 5.36. The van der Waals surface area contributed by atoms with Gasteiger partial charge in [0.15, 0.2) is 0 Å². The number of anilines is 3. The summed E-state index contributed by atoms with van der Waals surface area (Å²) in [5.41, 5.74) is 0.946. The van der Waals surface area contributed by atoms with Crippen LogP contribution in [0.5, 0.6) is 0 Å². The van der Waals surface area contributed by atoms with E-state index in [1.54, 1.807) is 0 Å². The number of aromatic nitrogens is 3. The van der Waals surface area contributed by atoms with Crippen molar-refractivity contribution in [2.75, 3.05) is 54.8 Å². The van der Waals surface area contributed by atoms with Gasteiger partial charge in [-0.2, -0.15) is 15.0 Å². The molecule has 0 bridgehead atoms. The molecule has 0 radical (unpaired) electrons. The summed E-state index contributed by atoms with van der Waals surface area (Å²) in [6.45, 7) is 9.71. The first-order valence-corrected chi connectivity index (χ1v) is 11.2. The van der Waals surface area contributed by atoms with Gasteiger partial charge in [-0.15, -0.1) is 0 Å². The van der Waals surface area contributed by atoms with Gasteiger partial charge in [0.05, 0.1) is 6.54 Å². The van der Waals surface area contributed by atoms with Crippen molar-refractivity contribution in [3.63, 3.8) is 0 Å². The molecule has 0 atom stereocenters. The Balaban J connectivity index is 1.40. The molecule has 0 amide bonds. The molecule has 3 aromatic rings. The zero-order valence-electron chi connectivity index (χ0n) is 18.8. The molecule has 1 aromatic carbocycles. The van der Waals surface area contributed by atoms with Crippen molar-refractivity contribution in [3.05, 3.63) is 60.4 Å². The fraction of sp³-hybridized carbons (Fsp3) is 0.375. The Bertz CT molecular complexity index is 1000. The molecule has 1 aliphatic rings. The molecule has 0 spiro atoms. The van der Waals surface area contributed by atoms with E-state index in [9.17, 15) is 0 Å². The van der Waals surface area contributed by atoms with E-state index >= 15 is 0 Å². The topological polar surface area (TPSA) is 82.4 Å². The summed E-state index contributed by atoms with van der Waals surface area (Å²) in [5.74, 6) is 2.88. The largest absolute Gasteiger partial charge is 0.460 e. The molecule has 0 unspecified atom stereocenters. The number of nitrogens with one attached hydrogen (secondary N) is 2. The van der Waals surface area contributed by atoms with Crippen LogP contribution in [0.2, 0.25) is 0 Å². The minimum absolute atomic E-state index is 0.584. The fourth-order valence-electron chi connectivity index (χ4n) is 3.64. The summed E-state index contributed by atoms with van der Waals surface area (Å²) in [5, 5.41) is 7.66. The summed E-state index contributed by atoms with van der Waals surface area (Å²) in [6.07, 6.45) is 8.07. The predicted octanol–water partition coefficient (Wildman–Crippen LogP) is 3.92. The molecule has 3 heterocycles. The number of allylic oxidation sites excluding steroid dienone is 2. The van der Waals surface area contributed by atoms with Crippen molar-refractivity contribution in [2.45, 2.75) is 20.4 Å². The predicted molar refractivity (Wildman–Crippen MR) is 130 cm³/mol. The molecule has 32 heavy (non-hydrogen) atoms. The molecule has 8 nitrogen and oxygen atoms in total. The van der Waals surface area contributed by atoms with Gasteiger partial charge in [0, 0.05) is 44.7 Å². The third-order valence-electron chi connectivity index (χ3n) is 5.36. The first kappa shape index (κ1) is 21.8. The van der Waals surface area contributed by atoms with Gasteiger partial charge in [0.2, 0.25) is 17.8 Å². The minimum Gasteiger partial charge on any atom is -0.460 e. The van der Waals surface area contributed by atoms with Gasteiger partial charge in [-0.3, -0.25) is 4.90 Å². The number of nitrogens with zero attached hydrogens (tertiary/aromatic N) is 5. The Hall–Kier alpha value is -3.39. The van der Waals surface area contributed by atoms with Gasteiger partial charge < -0.3 is 20.0 Å². The van der Waals surface area contributed by atoms with Crippen LogP contribution < -0.4 is 15.5 Å². The molecule has 1 saturated heterocycles. The van der Waals surface area contributed by atoms with Crippen LogP contribution in [0.15, 0.2) is 59.1 Å². The van der Waals surface area contributed by atoms with Crippen molar-refractivity contribution in [3.8, 4) is 0 Å². The molecule has 8 heteroatoms. The zero-order valence-corrected chi connectivity index (χ0v) is 18.8. The van der Waals surface area contributed by atoms with E-state index in [0.29, 0.717) is 30.9 Å². The number of furan rings is 1. The van der Waals surface area contributed by atoms with E-state index in [-0.39, 0.29) is 0 Å². The molecular weight excluding hydrogens is 402 g/mol. The maximum Gasteiger partial charge on any atom is 0.232 e. The third kappa shape index (κ3) is 5.64. The van der Waals surface area contributed by atoms with Crippen LogP contribution in [-0.2, 0) is 6.54 Å². The molecule has 1 fully saturated rings. The number of para-hydroxylation sites is 1. The van der Waals surface area contributed by atoms with E-state index < -0.39 is 0 Å². The Labute approximate surface area is 189 Å². The average molecular weight is 434 g/mol. The van der Waals surface area contributed by atoms with Crippen LogP contribution in [0.3, 0.4) is 0 Å². The van der Waals surface area contributed by atoms with Gasteiger partial charge in [0.25, 0.3) is 0 Å². The monoisotopic (exact) mass is 433 g/mol. The molecular formula is C24H31N7O. The maximum absolute atomic E-state index is 5.99. The van der Waals surface area contributed by atoms with Crippen LogP contribution in [0.1, 0.15) is 19.6 Å². The second-order valence-corrected chi connectivity index (χ2v) is 7.70. The van der Waals surface area contributed by atoms with E-state index in [1.807, 2.05) is 56.4 Å². The van der Waals surface area contributed by atoms with Crippen molar-refractivity contribution in [1.82, 2.24) is 19.9 Å². The smallest absolute Gasteiger partial charge is 0.232 e. The highest BCUT2D eigenvalue weighted by Crippen LogP contribution is 2.21. The van der Waals surface area contributed by atoms with Crippen LogP contribution in [-0.4, -0.2) is 59.1 Å². The Morgan fingerprint density at radius 3 is 2.19 bits per heavy atom. The molecule has 0 aliphatic carbocycles. The second-order valence-electron chi connectivity index (χ2n) is 7.70.